The summed E-state index contributed by atoms with van der Waals surface area (Å²) in [6.45, 7) is 8.40. The lowest BCUT2D eigenvalue weighted by atomic mass is 9.98. The van der Waals surface area contributed by atoms with Gasteiger partial charge >= 0.3 is 6.09 Å². The van der Waals surface area contributed by atoms with E-state index in [1.165, 1.54) is 18.2 Å². The van der Waals surface area contributed by atoms with Gasteiger partial charge in [0.1, 0.15) is 0 Å². The van der Waals surface area contributed by atoms with Gasteiger partial charge in [-0.2, -0.15) is 0 Å². The quantitative estimate of drug-likeness (QED) is 0.840. The van der Waals surface area contributed by atoms with Gasteiger partial charge in [-0.15, -0.1) is 0 Å². The second-order valence-corrected chi connectivity index (χ2v) is 5.88. The van der Waals surface area contributed by atoms with Crippen molar-refractivity contribution in [3.63, 3.8) is 0 Å². The Morgan fingerprint density at radius 1 is 0.955 bits per heavy atom. The molecule has 0 unspecified atom stereocenters. The van der Waals surface area contributed by atoms with Gasteiger partial charge in [0.25, 0.3) is 0 Å². The fraction of sp³-hybridized carbons (Fsp3) is 0.529. The lowest BCUT2D eigenvalue weighted by Crippen LogP contribution is -2.51. The summed E-state index contributed by atoms with van der Waals surface area (Å²) in [5, 5.41) is 0. The first-order chi connectivity index (χ1) is 10.4. The van der Waals surface area contributed by atoms with Crippen molar-refractivity contribution in [1.29, 1.82) is 0 Å². The van der Waals surface area contributed by atoms with Crippen LogP contribution in [0.5, 0.6) is 0 Å². The molecule has 5 nitrogen and oxygen atoms in total. The van der Waals surface area contributed by atoms with Crippen molar-refractivity contribution in [3.8, 4) is 0 Å². The zero-order valence-electron chi connectivity index (χ0n) is 13.8. The Morgan fingerprint density at radius 2 is 1.50 bits per heavy atom. The van der Waals surface area contributed by atoms with Gasteiger partial charge in [0.2, 0.25) is 5.91 Å². The summed E-state index contributed by atoms with van der Waals surface area (Å²) in [6.07, 6.45) is 0.0997. The standard InChI is InChI=1S/C17H24N2O3/c1-12-9-14(3)15(10-13(12)2)11-16(20)18-5-7-19(8-6-18)17(21)22-4/h9-10H,5-8,11H2,1-4H3. The molecule has 0 spiro atoms. The summed E-state index contributed by atoms with van der Waals surface area (Å²) >= 11 is 0. The van der Waals surface area contributed by atoms with Crippen LogP contribution in [0.15, 0.2) is 12.1 Å². The van der Waals surface area contributed by atoms with Gasteiger partial charge in [0.15, 0.2) is 0 Å². The molecule has 1 fully saturated rings. The Hall–Kier alpha value is -2.04. The highest BCUT2D eigenvalue weighted by atomic mass is 16.5. The number of aryl methyl sites for hydroxylation is 3. The zero-order chi connectivity index (χ0) is 16.3. The molecule has 5 heteroatoms. The first-order valence-electron chi connectivity index (χ1n) is 7.59. The molecule has 1 heterocycles. The number of piperazine rings is 1. The molecule has 2 amide bonds. The maximum absolute atomic E-state index is 12.5. The van der Waals surface area contributed by atoms with Crippen molar-refractivity contribution in [3.05, 3.63) is 34.4 Å². The smallest absolute Gasteiger partial charge is 0.409 e. The molecule has 0 bridgehead atoms. The number of methoxy groups -OCH3 is 1. The molecule has 0 atom stereocenters. The van der Waals surface area contributed by atoms with Crippen molar-refractivity contribution in [1.82, 2.24) is 9.80 Å². The maximum atomic E-state index is 12.5. The van der Waals surface area contributed by atoms with E-state index in [0.29, 0.717) is 32.6 Å². The summed E-state index contributed by atoms with van der Waals surface area (Å²) in [4.78, 5) is 27.4. The highest BCUT2D eigenvalue weighted by Gasteiger charge is 2.24. The van der Waals surface area contributed by atoms with E-state index in [4.69, 9.17) is 4.74 Å². The summed E-state index contributed by atoms with van der Waals surface area (Å²) in [6, 6.07) is 4.24. The second kappa shape index (κ2) is 6.81. The van der Waals surface area contributed by atoms with Gasteiger partial charge in [0, 0.05) is 26.2 Å². The lowest BCUT2D eigenvalue weighted by molar-refractivity contribution is -0.132. The van der Waals surface area contributed by atoms with Crippen molar-refractivity contribution in [2.75, 3.05) is 33.3 Å². The third kappa shape index (κ3) is 3.59. The number of hydrogen-bond donors (Lipinski definition) is 0. The predicted molar refractivity (Wildman–Crippen MR) is 84.9 cm³/mol. The van der Waals surface area contributed by atoms with Crippen LogP contribution < -0.4 is 0 Å². The first-order valence-corrected chi connectivity index (χ1v) is 7.59. The Morgan fingerprint density at radius 3 is 2.09 bits per heavy atom. The molecular weight excluding hydrogens is 280 g/mol. The van der Waals surface area contributed by atoms with Gasteiger partial charge in [0.05, 0.1) is 13.5 Å². The largest absolute Gasteiger partial charge is 0.453 e. The van der Waals surface area contributed by atoms with E-state index in [2.05, 4.69) is 26.0 Å². The highest BCUT2D eigenvalue weighted by molar-refractivity contribution is 5.79. The molecular formula is C17H24N2O3. The minimum atomic E-state index is -0.322. The van der Waals surface area contributed by atoms with E-state index in [1.807, 2.05) is 11.8 Å². The first kappa shape index (κ1) is 16.3. The van der Waals surface area contributed by atoms with Gasteiger partial charge in [-0.05, 0) is 43.0 Å². The van der Waals surface area contributed by atoms with E-state index >= 15 is 0 Å². The van der Waals surface area contributed by atoms with Crippen LogP contribution in [0.25, 0.3) is 0 Å². The number of nitrogens with zero attached hydrogens (tertiary/aromatic N) is 2. The van der Waals surface area contributed by atoms with Gasteiger partial charge < -0.3 is 14.5 Å². The van der Waals surface area contributed by atoms with Gasteiger partial charge in [-0.3, -0.25) is 4.79 Å². The molecule has 0 aliphatic carbocycles. The molecule has 120 valence electrons. The number of ether oxygens (including phenoxy) is 1. The third-order valence-electron chi connectivity index (χ3n) is 4.36. The molecule has 1 aromatic rings. The van der Waals surface area contributed by atoms with Crippen molar-refractivity contribution in [2.45, 2.75) is 27.2 Å². The van der Waals surface area contributed by atoms with Crippen LogP contribution in [-0.2, 0) is 16.0 Å². The van der Waals surface area contributed by atoms with E-state index in [9.17, 15) is 9.59 Å². The zero-order valence-corrected chi connectivity index (χ0v) is 13.8. The summed E-state index contributed by atoms with van der Waals surface area (Å²) in [5.41, 5.74) is 4.71. The van der Waals surface area contributed by atoms with Gasteiger partial charge in [-0.1, -0.05) is 12.1 Å². The fourth-order valence-electron chi connectivity index (χ4n) is 2.75. The normalized spacial score (nSPS) is 14.9. The Labute approximate surface area is 131 Å². The number of carbonyl (C=O) groups is 2. The monoisotopic (exact) mass is 304 g/mol. The summed E-state index contributed by atoms with van der Waals surface area (Å²) in [5.74, 6) is 0.121. The lowest BCUT2D eigenvalue weighted by Gasteiger charge is -2.34. The molecule has 2 rings (SSSR count). The minimum absolute atomic E-state index is 0.121. The number of benzene rings is 1. The van der Waals surface area contributed by atoms with Crippen molar-refractivity contribution >= 4 is 12.0 Å². The number of rotatable bonds is 2. The van der Waals surface area contributed by atoms with E-state index in [0.717, 1.165) is 11.1 Å². The van der Waals surface area contributed by atoms with Crippen LogP contribution >= 0.6 is 0 Å². The molecule has 22 heavy (non-hydrogen) atoms. The molecule has 0 aromatic heterocycles. The predicted octanol–water partition coefficient (Wildman–Crippen LogP) is 2.06. The van der Waals surface area contributed by atoms with E-state index in [-0.39, 0.29) is 12.0 Å². The van der Waals surface area contributed by atoms with Crippen LogP contribution in [-0.4, -0.2) is 55.1 Å². The Bertz CT molecular complexity index is 576. The molecule has 0 N–H and O–H groups in total. The van der Waals surface area contributed by atoms with Crippen LogP contribution in [0, 0.1) is 20.8 Å². The molecule has 1 aliphatic heterocycles. The Kier molecular flexibility index (Phi) is 5.06. The summed E-state index contributed by atoms with van der Waals surface area (Å²) < 4.78 is 4.70. The molecule has 1 aromatic carbocycles. The Balaban J connectivity index is 1.97. The average Bonchev–Trinajstić information content (AvgIpc) is 2.52. The number of carbonyl (C=O) groups excluding carboxylic acids is 2. The van der Waals surface area contributed by atoms with Crippen LogP contribution in [0.3, 0.4) is 0 Å². The van der Waals surface area contributed by atoms with Gasteiger partial charge in [-0.25, -0.2) is 4.79 Å². The van der Waals surface area contributed by atoms with E-state index in [1.54, 1.807) is 4.90 Å². The van der Waals surface area contributed by atoms with Crippen LogP contribution in [0.1, 0.15) is 22.3 Å². The third-order valence-corrected chi connectivity index (χ3v) is 4.36. The molecule has 0 saturated carbocycles. The average molecular weight is 304 g/mol. The van der Waals surface area contributed by atoms with Crippen LogP contribution in [0.4, 0.5) is 4.79 Å². The molecule has 1 aliphatic rings. The van der Waals surface area contributed by atoms with E-state index < -0.39 is 0 Å². The highest BCUT2D eigenvalue weighted by Crippen LogP contribution is 2.17. The fourth-order valence-corrected chi connectivity index (χ4v) is 2.75. The SMILES string of the molecule is COC(=O)N1CCN(C(=O)Cc2cc(C)c(C)cc2C)CC1. The molecule has 1 saturated heterocycles. The molecule has 0 radical (unpaired) electrons. The van der Waals surface area contributed by atoms with Crippen LogP contribution in [0.2, 0.25) is 0 Å². The number of amides is 2. The maximum Gasteiger partial charge on any atom is 0.409 e. The number of hydrogen-bond acceptors (Lipinski definition) is 3. The topological polar surface area (TPSA) is 49.9 Å². The van der Waals surface area contributed by atoms with Crippen molar-refractivity contribution < 1.29 is 14.3 Å². The van der Waals surface area contributed by atoms with Crippen molar-refractivity contribution in [2.24, 2.45) is 0 Å². The summed E-state index contributed by atoms with van der Waals surface area (Å²) in [7, 11) is 1.38. The minimum Gasteiger partial charge on any atom is -0.453 e. The second-order valence-electron chi connectivity index (χ2n) is 5.88.